The summed E-state index contributed by atoms with van der Waals surface area (Å²) >= 11 is 0. The van der Waals surface area contributed by atoms with Gasteiger partial charge in [-0.05, 0) is 31.2 Å². The molecule has 0 fully saturated rings. The lowest BCUT2D eigenvalue weighted by Crippen LogP contribution is -1.97. The summed E-state index contributed by atoms with van der Waals surface area (Å²) in [6.45, 7) is 2.01. The number of fused-ring (bicyclic) bond motifs is 1. The molecule has 3 rings (SSSR count). The Labute approximate surface area is 134 Å². The Balaban J connectivity index is 2.00. The summed E-state index contributed by atoms with van der Waals surface area (Å²) < 4.78 is 6.05. The second-order valence-corrected chi connectivity index (χ2v) is 7.47. The number of aromatic amines is 1. The van der Waals surface area contributed by atoms with E-state index in [1.165, 1.54) is 5.39 Å². The molecule has 112 valence electrons. The number of aromatic nitrogens is 1. The van der Waals surface area contributed by atoms with Crippen LogP contribution in [0.15, 0.2) is 65.8 Å². The van der Waals surface area contributed by atoms with Crippen LogP contribution >= 0.6 is 0 Å². The van der Waals surface area contributed by atoms with Crippen molar-refractivity contribution in [1.82, 2.24) is 4.98 Å². The molecule has 0 atom stereocenters. The Morgan fingerprint density at radius 2 is 1.77 bits per heavy atom. The Bertz CT molecular complexity index is 784. The Kier molecular flexibility index (Phi) is 4.25. The monoisotopic (exact) mass is 310 g/mol. The van der Waals surface area contributed by atoms with Crippen molar-refractivity contribution in [2.24, 2.45) is 0 Å². The smallest absolute Gasteiger partial charge is 0.156 e. The number of para-hydroxylation sites is 2. The minimum absolute atomic E-state index is 0.222. The molecule has 3 heteroatoms. The van der Waals surface area contributed by atoms with E-state index in [1.807, 2.05) is 31.2 Å². The highest BCUT2D eigenvalue weighted by Gasteiger charge is 2.10. The third-order valence-electron chi connectivity index (χ3n) is 3.38. The minimum atomic E-state index is 0.222. The number of rotatable bonds is 4. The van der Waals surface area contributed by atoms with E-state index in [-0.39, 0.29) is 10.9 Å². The lowest BCUT2D eigenvalue weighted by atomic mass is 10.1. The van der Waals surface area contributed by atoms with Crippen LogP contribution in [-0.4, -0.2) is 17.5 Å². The van der Waals surface area contributed by atoms with E-state index in [1.54, 1.807) is 0 Å². The molecule has 22 heavy (non-hydrogen) atoms. The second kappa shape index (κ2) is 6.32. The molecule has 0 saturated carbocycles. The van der Waals surface area contributed by atoms with Gasteiger partial charge in [0.25, 0.3) is 0 Å². The quantitative estimate of drug-likeness (QED) is 0.535. The average Bonchev–Trinajstić information content (AvgIpc) is 2.90. The summed E-state index contributed by atoms with van der Waals surface area (Å²) in [5.74, 6) is 1.82. The molecule has 0 bridgehead atoms. The summed E-state index contributed by atoms with van der Waals surface area (Å²) in [4.78, 5) is 3.47. The van der Waals surface area contributed by atoms with Crippen LogP contribution in [0.5, 0.6) is 5.75 Å². The van der Waals surface area contributed by atoms with Crippen molar-refractivity contribution in [1.29, 1.82) is 0 Å². The fraction of sp³-hybridized carbons (Fsp3) is 0.158. The van der Waals surface area contributed by atoms with Gasteiger partial charge in [0.1, 0.15) is 24.0 Å². The van der Waals surface area contributed by atoms with E-state index < -0.39 is 0 Å². The van der Waals surface area contributed by atoms with Crippen LogP contribution in [-0.2, 0) is 10.9 Å². The molecule has 2 nitrogen and oxygen atoms in total. The molecule has 0 aliphatic heterocycles. The maximum Gasteiger partial charge on any atom is 0.156 e. The second-order valence-electron chi connectivity index (χ2n) is 5.48. The molecule has 2 aromatic carbocycles. The zero-order valence-electron chi connectivity index (χ0n) is 13.1. The van der Waals surface area contributed by atoms with Gasteiger partial charge < -0.3 is 9.72 Å². The first-order valence-corrected chi connectivity index (χ1v) is 9.34. The van der Waals surface area contributed by atoms with Crippen LogP contribution < -0.4 is 4.74 Å². The van der Waals surface area contributed by atoms with Gasteiger partial charge in [0.15, 0.2) is 5.41 Å². The van der Waals surface area contributed by atoms with Crippen molar-refractivity contribution in [2.45, 2.75) is 6.92 Å². The van der Waals surface area contributed by atoms with Gasteiger partial charge in [-0.2, -0.15) is 0 Å². The largest absolute Gasteiger partial charge is 0.457 e. The minimum Gasteiger partial charge on any atom is -0.457 e. The third-order valence-corrected chi connectivity index (χ3v) is 4.18. The lowest BCUT2D eigenvalue weighted by Gasteiger charge is -2.09. The van der Waals surface area contributed by atoms with Crippen LogP contribution in [0, 0.1) is 0 Å². The van der Waals surface area contributed by atoms with Crippen LogP contribution in [0.1, 0.15) is 6.92 Å². The highest BCUT2D eigenvalue weighted by molar-refractivity contribution is 7.98. The highest BCUT2D eigenvalue weighted by Crippen LogP contribution is 2.32. The highest BCUT2D eigenvalue weighted by atomic mass is 32.2. The van der Waals surface area contributed by atoms with Gasteiger partial charge in [-0.3, -0.25) is 0 Å². The van der Waals surface area contributed by atoms with Crippen molar-refractivity contribution in [3.05, 3.63) is 65.8 Å². The average molecular weight is 310 g/mol. The molecular weight excluding hydrogens is 290 g/mol. The van der Waals surface area contributed by atoms with E-state index in [0.29, 0.717) is 0 Å². The molecule has 0 unspecified atom stereocenters. The topological polar surface area (TPSA) is 25.0 Å². The molecule has 1 heterocycles. The van der Waals surface area contributed by atoms with Crippen LogP contribution in [0.2, 0.25) is 0 Å². The van der Waals surface area contributed by atoms with Crippen molar-refractivity contribution < 1.29 is 4.74 Å². The molecule has 0 aliphatic carbocycles. The lowest BCUT2D eigenvalue weighted by molar-refractivity contribution is 0.431. The number of benzene rings is 2. The Morgan fingerprint density at radius 3 is 2.55 bits per heavy atom. The van der Waals surface area contributed by atoms with Gasteiger partial charge in [0, 0.05) is 27.4 Å². The Hall–Kier alpha value is -2.13. The van der Waals surface area contributed by atoms with E-state index in [4.69, 9.17) is 4.74 Å². The Morgan fingerprint density at radius 1 is 1.05 bits per heavy atom. The molecular formula is C19H20NOS+. The van der Waals surface area contributed by atoms with Gasteiger partial charge in [-0.25, -0.2) is 0 Å². The number of H-pyrrole nitrogens is 1. The molecule has 0 aliphatic rings. The maximum atomic E-state index is 6.05. The number of hydrogen-bond acceptors (Lipinski definition) is 1. The number of ether oxygens (including phenoxy) is 1. The SMILES string of the molecule is C/C(=C/[S+](C)C)Oc1ccccc1-c1cc2ccccc2[nH]1. The van der Waals surface area contributed by atoms with Gasteiger partial charge >= 0.3 is 0 Å². The molecule has 0 saturated heterocycles. The number of allylic oxidation sites excluding steroid dienone is 1. The van der Waals surface area contributed by atoms with Gasteiger partial charge in [-0.1, -0.05) is 30.3 Å². The van der Waals surface area contributed by atoms with E-state index >= 15 is 0 Å². The number of hydrogen-bond donors (Lipinski definition) is 1. The molecule has 1 aromatic heterocycles. The predicted octanol–water partition coefficient (Wildman–Crippen LogP) is 4.95. The first kappa shape index (κ1) is 14.8. The van der Waals surface area contributed by atoms with Crippen LogP contribution in [0.3, 0.4) is 0 Å². The molecule has 3 aromatic rings. The molecule has 0 radical (unpaired) electrons. The molecule has 1 N–H and O–H groups in total. The fourth-order valence-corrected chi connectivity index (χ4v) is 3.24. The summed E-state index contributed by atoms with van der Waals surface area (Å²) in [5, 5.41) is 3.37. The van der Waals surface area contributed by atoms with E-state index in [9.17, 15) is 0 Å². The normalized spacial score (nSPS) is 12.1. The van der Waals surface area contributed by atoms with Crippen LogP contribution in [0.25, 0.3) is 22.2 Å². The summed E-state index contributed by atoms with van der Waals surface area (Å²) in [6, 6.07) is 18.6. The first-order valence-electron chi connectivity index (χ1n) is 7.23. The standard InChI is InChI=1S/C19H20NOS/c1-14(13-22(2)3)21-19-11-7-5-9-16(19)18-12-15-8-4-6-10-17(15)20-18/h4-13,20H,1-3H3/q+1/b14-13-. The van der Waals surface area contributed by atoms with E-state index in [2.05, 4.69) is 53.2 Å². The maximum absolute atomic E-state index is 6.05. The van der Waals surface area contributed by atoms with Crippen molar-refractivity contribution >= 4 is 21.8 Å². The van der Waals surface area contributed by atoms with Crippen LogP contribution in [0.4, 0.5) is 0 Å². The first-order chi connectivity index (χ1) is 10.6. The summed E-state index contributed by atoms with van der Waals surface area (Å²) in [7, 11) is 0.222. The van der Waals surface area contributed by atoms with Gasteiger partial charge in [-0.15, -0.1) is 0 Å². The summed E-state index contributed by atoms with van der Waals surface area (Å²) in [6.07, 6.45) is 4.35. The van der Waals surface area contributed by atoms with Crippen molar-refractivity contribution in [3.63, 3.8) is 0 Å². The fourth-order valence-electron chi connectivity index (χ4n) is 2.53. The van der Waals surface area contributed by atoms with E-state index in [0.717, 1.165) is 28.3 Å². The molecule has 0 spiro atoms. The molecule has 0 amide bonds. The summed E-state index contributed by atoms with van der Waals surface area (Å²) in [5.41, 5.74) is 3.30. The number of nitrogens with one attached hydrogen (secondary N) is 1. The third kappa shape index (κ3) is 3.20. The zero-order chi connectivity index (χ0) is 15.5. The van der Waals surface area contributed by atoms with Crippen molar-refractivity contribution in [2.75, 3.05) is 12.5 Å². The zero-order valence-corrected chi connectivity index (χ0v) is 13.9. The van der Waals surface area contributed by atoms with Gasteiger partial charge in [0.2, 0.25) is 0 Å². The van der Waals surface area contributed by atoms with Gasteiger partial charge in [0.05, 0.1) is 5.69 Å². The van der Waals surface area contributed by atoms with Crippen molar-refractivity contribution in [3.8, 4) is 17.0 Å². The predicted molar refractivity (Wildman–Crippen MR) is 97.3 cm³/mol.